The van der Waals surface area contributed by atoms with Gasteiger partial charge in [-0.05, 0) is 12.1 Å². The van der Waals surface area contributed by atoms with Crippen LogP contribution in [-0.2, 0) is 4.79 Å². The normalized spacial score (nSPS) is 17.2. The van der Waals surface area contributed by atoms with Gasteiger partial charge < -0.3 is 10.4 Å². The number of carbonyl (C=O) groups is 1. The smallest absolute Gasteiger partial charge is 0.257 e. The second kappa shape index (κ2) is 4.60. The summed E-state index contributed by atoms with van der Waals surface area (Å²) in [7, 11) is 0. The molecule has 1 aliphatic heterocycles. The van der Waals surface area contributed by atoms with Crippen LogP contribution in [0.5, 0.6) is 0 Å². The Hall–Kier alpha value is -1.99. The van der Waals surface area contributed by atoms with Gasteiger partial charge in [0.05, 0.1) is 11.1 Å². The van der Waals surface area contributed by atoms with Crippen molar-refractivity contribution in [1.82, 2.24) is 9.97 Å². The van der Waals surface area contributed by atoms with Crippen molar-refractivity contribution >= 4 is 23.4 Å². The maximum Gasteiger partial charge on any atom is 0.257 e. The molecule has 0 radical (unpaired) electrons. The zero-order chi connectivity index (χ0) is 13.4. The number of amides is 1. The van der Waals surface area contributed by atoms with E-state index >= 15 is 0 Å². The van der Waals surface area contributed by atoms with Crippen molar-refractivity contribution in [3.8, 4) is 0 Å². The fourth-order valence-corrected chi connectivity index (χ4v) is 2.56. The molecule has 1 atom stereocenters. The van der Waals surface area contributed by atoms with Crippen LogP contribution in [0.2, 0.25) is 0 Å². The summed E-state index contributed by atoms with van der Waals surface area (Å²) in [4.78, 5) is 19.5. The average molecular weight is 277 g/mol. The maximum absolute atomic E-state index is 13.9. The van der Waals surface area contributed by atoms with Gasteiger partial charge in [-0.25, -0.2) is 9.37 Å². The van der Waals surface area contributed by atoms with E-state index in [0.717, 1.165) is 17.8 Å². The molecule has 0 aliphatic carbocycles. The molecular formula is C12H8FN3O2S. The van der Waals surface area contributed by atoms with Crippen LogP contribution in [0.1, 0.15) is 11.7 Å². The number of aliphatic hydroxyl groups is 1. The van der Waals surface area contributed by atoms with Gasteiger partial charge in [-0.3, -0.25) is 9.78 Å². The van der Waals surface area contributed by atoms with Crippen molar-refractivity contribution in [2.24, 2.45) is 0 Å². The fourth-order valence-electron chi connectivity index (χ4n) is 1.77. The van der Waals surface area contributed by atoms with Gasteiger partial charge in [-0.1, -0.05) is 11.8 Å². The highest BCUT2D eigenvalue weighted by Gasteiger charge is 2.30. The highest BCUT2D eigenvalue weighted by atomic mass is 32.2. The minimum absolute atomic E-state index is 0.256. The van der Waals surface area contributed by atoms with Crippen molar-refractivity contribution in [3.05, 3.63) is 42.1 Å². The molecule has 2 aromatic rings. The molecule has 3 rings (SSSR count). The standard InChI is InChI=1S/C12H8FN3O2S/c13-7-3-6-8(16-12(18)11(6)17)4-9(7)19-10-5-14-1-2-15-10/h1-5,11,17H,(H,16,18). The highest BCUT2D eigenvalue weighted by molar-refractivity contribution is 7.99. The first-order valence-corrected chi connectivity index (χ1v) is 6.23. The molecule has 1 unspecified atom stereocenters. The SMILES string of the molecule is O=C1Nc2cc(Sc3cnccn3)c(F)cc2C1O. The number of nitrogens with one attached hydrogen (secondary N) is 1. The first-order valence-electron chi connectivity index (χ1n) is 5.41. The van der Waals surface area contributed by atoms with Crippen molar-refractivity contribution < 1.29 is 14.3 Å². The van der Waals surface area contributed by atoms with Gasteiger partial charge in [0.25, 0.3) is 5.91 Å². The summed E-state index contributed by atoms with van der Waals surface area (Å²) in [6, 6.07) is 2.65. The third kappa shape index (κ3) is 2.18. The number of anilines is 1. The summed E-state index contributed by atoms with van der Waals surface area (Å²) < 4.78 is 13.9. The summed E-state index contributed by atoms with van der Waals surface area (Å²) in [6.07, 6.45) is 3.25. The van der Waals surface area contributed by atoms with E-state index in [9.17, 15) is 14.3 Å². The molecule has 2 N–H and O–H groups in total. The highest BCUT2D eigenvalue weighted by Crippen LogP contribution is 2.37. The Labute approximate surface area is 111 Å². The number of aromatic nitrogens is 2. The van der Waals surface area contributed by atoms with Crippen LogP contribution in [0.4, 0.5) is 10.1 Å². The molecule has 7 heteroatoms. The fraction of sp³-hybridized carbons (Fsp3) is 0.0833. The molecular weight excluding hydrogens is 269 g/mol. The third-order valence-corrected chi connectivity index (χ3v) is 3.61. The molecule has 5 nitrogen and oxygen atoms in total. The first kappa shape index (κ1) is 12.1. The Morgan fingerprint density at radius 1 is 1.37 bits per heavy atom. The topological polar surface area (TPSA) is 75.1 Å². The van der Waals surface area contributed by atoms with E-state index < -0.39 is 17.8 Å². The second-order valence-corrected chi connectivity index (χ2v) is 4.97. The number of hydrogen-bond acceptors (Lipinski definition) is 5. The lowest BCUT2D eigenvalue weighted by atomic mass is 10.1. The van der Waals surface area contributed by atoms with E-state index in [4.69, 9.17) is 0 Å². The Balaban J connectivity index is 1.97. The van der Waals surface area contributed by atoms with Gasteiger partial charge in [0, 0.05) is 23.6 Å². The molecule has 0 bridgehead atoms. The van der Waals surface area contributed by atoms with Crippen molar-refractivity contribution in [3.63, 3.8) is 0 Å². The summed E-state index contributed by atoms with van der Waals surface area (Å²) in [6.45, 7) is 0. The third-order valence-electron chi connectivity index (χ3n) is 2.66. The van der Waals surface area contributed by atoms with Crippen LogP contribution in [-0.4, -0.2) is 21.0 Å². The van der Waals surface area contributed by atoms with E-state index in [0.29, 0.717) is 15.6 Å². The zero-order valence-electron chi connectivity index (χ0n) is 9.50. The molecule has 0 fully saturated rings. The monoisotopic (exact) mass is 277 g/mol. The predicted octanol–water partition coefficient (Wildman–Crippen LogP) is 1.75. The summed E-state index contributed by atoms with van der Waals surface area (Å²) in [5.74, 6) is -1.05. The Morgan fingerprint density at radius 3 is 2.95 bits per heavy atom. The lowest BCUT2D eigenvalue weighted by molar-refractivity contribution is -0.123. The predicted molar refractivity (Wildman–Crippen MR) is 66.1 cm³/mol. The summed E-state index contributed by atoms with van der Waals surface area (Å²) in [5, 5.41) is 12.6. The summed E-state index contributed by atoms with van der Waals surface area (Å²) in [5.41, 5.74) is 0.677. The second-order valence-electron chi connectivity index (χ2n) is 3.91. The Morgan fingerprint density at radius 2 is 2.21 bits per heavy atom. The first-order chi connectivity index (χ1) is 9.15. The van der Waals surface area contributed by atoms with Crippen molar-refractivity contribution in [1.29, 1.82) is 0 Å². The van der Waals surface area contributed by atoms with Gasteiger partial charge in [0.1, 0.15) is 10.8 Å². The molecule has 96 valence electrons. The van der Waals surface area contributed by atoms with E-state index in [1.807, 2.05) is 0 Å². The lowest BCUT2D eigenvalue weighted by Gasteiger charge is -2.06. The van der Waals surface area contributed by atoms with Crippen LogP contribution in [0.15, 0.2) is 40.6 Å². The van der Waals surface area contributed by atoms with Gasteiger partial charge in [-0.2, -0.15) is 0 Å². The number of carbonyl (C=O) groups excluding carboxylic acids is 1. The quantitative estimate of drug-likeness (QED) is 0.874. The molecule has 0 saturated carbocycles. The van der Waals surface area contributed by atoms with E-state index in [1.165, 1.54) is 24.7 Å². The largest absolute Gasteiger partial charge is 0.378 e. The van der Waals surface area contributed by atoms with Crippen LogP contribution >= 0.6 is 11.8 Å². The van der Waals surface area contributed by atoms with Crippen molar-refractivity contribution in [2.75, 3.05) is 5.32 Å². The minimum Gasteiger partial charge on any atom is -0.378 e. The van der Waals surface area contributed by atoms with Crippen LogP contribution < -0.4 is 5.32 Å². The molecule has 0 saturated heterocycles. The van der Waals surface area contributed by atoms with E-state index in [1.54, 1.807) is 0 Å². The number of benzene rings is 1. The molecule has 0 spiro atoms. The minimum atomic E-state index is -1.31. The molecule has 1 aliphatic rings. The van der Waals surface area contributed by atoms with Crippen LogP contribution in [0.3, 0.4) is 0 Å². The number of rotatable bonds is 2. The molecule has 1 aromatic heterocycles. The van der Waals surface area contributed by atoms with Gasteiger partial charge in [0.15, 0.2) is 6.10 Å². The maximum atomic E-state index is 13.9. The number of aliphatic hydroxyl groups excluding tert-OH is 1. The summed E-state index contributed by atoms with van der Waals surface area (Å²) >= 11 is 1.10. The van der Waals surface area contributed by atoms with E-state index in [-0.39, 0.29) is 5.56 Å². The lowest BCUT2D eigenvalue weighted by Crippen LogP contribution is -2.10. The van der Waals surface area contributed by atoms with Gasteiger partial charge in [-0.15, -0.1) is 0 Å². The van der Waals surface area contributed by atoms with E-state index in [2.05, 4.69) is 15.3 Å². The van der Waals surface area contributed by atoms with Crippen LogP contribution in [0.25, 0.3) is 0 Å². The van der Waals surface area contributed by atoms with Gasteiger partial charge in [0.2, 0.25) is 0 Å². The Bertz CT molecular complexity index is 651. The molecule has 2 heterocycles. The molecule has 1 aromatic carbocycles. The average Bonchev–Trinajstić information content (AvgIpc) is 2.67. The van der Waals surface area contributed by atoms with Crippen LogP contribution in [0, 0.1) is 5.82 Å². The number of halogens is 1. The van der Waals surface area contributed by atoms with Gasteiger partial charge >= 0.3 is 0 Å². The number of hydrogen-bond donors (Lipinski definition) is 2. The number of fused-ring (bicyclic) bond motifs is 1. The Kier molecular flexibility index (Phi) is 2.92. The molecule has 19 heavy (non-hydrogen) atoms. The van der Waals surface area contributed by atoms with Crippen molar-refractivity contribution in [2.45, 2.75) is 16.0 Å². The zero-order valence-corrected chi connectivity index (χ0v) is 10.3. The molecule has 1 amide bonds. The number of nitrogens with zero attached hydrogens (tertiary/aromatic N) is 2.